The summed E-state index contributed by atoms with van der Waals surface area (Å²) >= 11 is 7.53. The van der Waals surface area contributed by atoms with Gasteiger partial charge in [-0.25, -0.2) is 0 Å². The fraction of sp³-hybridized carbons (Fsp3) is 0.435. The normalized spacial score (nSPS) is 13.6. The monoisotopic (exact) mass is 449 g/mol. The van der Waals surface area contributed by atoms with Gasteiger partial charge in [0.05, 0.1) is 11.4 Å². The summed E-state index contributed by atoms with van der Waals surface area (Å²) in [6, 6.07) is 15.7. The summed E-state index contributed by atoms with van der Waals surface area (Å²) in [6.07, 6.45) is 1.13. The molecule has 0 saturated heterocycles. The van der Waals surface area contributed by atoms with E-state index in [0.29, 0.717) is 12.0 Å². The minimum atomic E-state index is 0. The molecule has 0 aromatic heterocycles. The molecule has 158 valence electrons. The molecule has 0 unspecified atom stereocenters. The number of hydrogen-bond acceptors (Lipinski definition) is 4. The Morgan fingerprint density at radius 3 is 2.45 bits per heavy atom. The van der Waals surface area contributed by atoms with E-state index in [4.69, 9.17) is 12.2 Å². The van der Waals surface area contributed by atoms with Crippen molar-refractivity contribution in [1.82, 2.24) is 10.2 Å². The number of para-hydroxylation sites is 1. The highest BCUT2D eigenvalue weighted by Gasteiger charge is 2.27. The summed E-state index contributed by atoms with van der Waals surface area (Å²) in [6.45, 7) is 8.68. The Labute approximate surface area is 191 Å². The maximum atomic E-state index is 5.69. The Balaban J connectivity index is 0.00000300. The molecule has 0 bridgehead atoms. The molecule has 2 aromatic carbocycles. The van der Waals surface area contributed by atoms with Crippen molar-refractivity contribution in [2.45, 2.75) is 43.0 Å². The molecule has 1 aliphatic rings. The largest absolute Gasteiger partial charge is 0.376 e. The molecular weight excluding hydrogens is 418 g/mol. The van der Waals surface area contributed by atoms with Gasteiger partial charge in [-0.05, 0) is 57.6 Å². The second kappa shape index (κ2) is 10.7. The van der Waals surface area contributed by atoms with Crippen molar-refractivity contribution < 1.29 is 0 Å². The Morgan fingerprint density at radius 1 is 1.07 bits per heavy atom. The summed E-state index contributed by atoms with van der Waals surface area (Å²) in [5.74, 6) is 0.675. The van der Waals surface area contributed by atoms with Crippen LogP contribution in [0.15, 0.2) is 52.3 Å². The van der Waals surface area contributed by atoms with Crippen molar-refractivity contribution in [1.29, 1.82) is 0 Å². The van der Waals surface area contributed by atoms with Gasteiger partial charge in [-0.1, -0.05) is 56.0 Å². The van der Waals surface area contributed by atoms with Crippen LogP contribution in [0.3, 0.4) is 0 Å². The lowest BCUT2D eigenvalue weighted by Crippen LogP contribution is -2.38. The van der Waals surface area contributed by atoms with Gasteiger partial charge in [-0.3, -0.25) is 0 Å². The van der Waals surface area contributed by atoms with Gasteiger partial charge < -0.3 is 15.1 Å². The molecule has 0 radical (unpaired) electrons. The predicted molar refractivity (Wildman–Crippen MR) is 134 cm³/mol. The molecule has 0 amide bonds. The van der Waals surface area contributed by atoms with Gasteiger partial charge in [0.2, 0.25) is 0 Å². The van der Waals surface area contributed by atoms with Gasteiger partial charge in [0.15, 0.2) is 0 Å². The molecule has 0 saturated carbocycles. The van der Waals surface area contributed by atoms with Crippen LogP contribution in [0.25, 0.3) is 0 Å². The van der Waals surface area contributed by atoms with Crippen LogP contribution >= 0.6 is 36.4 Å². The zero-order valence-electron chi connectivity index (χ0n) is 17.9. The van der Waals surface area contributed by atoms with Crippen LogP contribution < -0.4 is 10.2 Å². The summed E-state index contributed by atoms with van der Waals surface area (Å²) in [5.41, 5.74) is 3.63. The highest BCUT2D eigenvalue weighted by Crippen LogP contribution is 2.49. The molecule has 1 heterocycles. The Morgan fingerprint density at radius 2 is 1.76 bits per heavy atom. The van der Waals surface area contributed by atoms with E-state index < -0.39 is 0 Å². The fourth-order valence-corrected chi connectivity index (χ4v) is 4.87. The molecule has 1 N–H and O–H groups in total. The molecular formula is C23H32ClN3S2. The maximum absolute atomic E-state index is 5.69. The average molecular weight is 450 g/mol. The summed E-state index contributed by atoms with van der Waals surface area (Å²) in [4.78, 5) is 8.16. The molecule has 0 spiro atoms. The number of likely N-dealkylation sites (N-methyl/N-ethyl adjacent to an activating group) is 1. The second-order valence-electron chi connectivity index (χ2n) is 8.17. The first kappa shape index (κ1) is 24.0. The van der Waals surface area contributed by atoms with Crippen LogP contribution in [-0.2, 0) is 0 Å². The first-order chi connectivity index (χ1) is 13.4. The molecule has 0 aliphatic carbocycles. The Kier molecular flexibility index (Phi) is 8.83. The molecule has 3 rings (SSSR count). The number of anilines is 2. The summed E-state index contributed by atoms with van der Waals surface area (Å²) in [5, 5.41) is 3.43. The Hall–Kier alpha value is -1.27. The van der Waals surface area contributed by atoms with E-state index in [1.807, 2.05) is 11.8 Å². The lowest BCUT2D eigenvalue weighted by atomic mass is 10.1. The Bertz CT molecular complexity index is 839. The lowest BCUT2D eigenvalue weighted by Gasteiger charge is -2.38. The van der Waals surface area contributed by atoms with Gasteiger partial charge in [-0.15, -0.1) is 12.4 Å². The summed E-state index contributed by atoms with van der Waals surface area (Å²) in [7, 11) is 4.26. The SMILES string of the molecule is CC(C)CCNC(=S)c1ccc2c(c1)N([C@H](C)CN(C)C)c1ccccc1S2.Cl. The van der Waals surface area contributed by atoms with Gasteiger partial charge in [0.25, 0.3) is 0 Å². The van der Waals surface area contributed by atoms with Crippen LogP contribution in [0.4, 0.5) is 11.4 Å². The number of halogens is 1. The number of fused-ring (bicyclic) bond motifs is 2. The molecule has 29 heavy (non-hydrogen) atoms. The van der Waals surface area contributed by atoms with Crippen molar-refractivity contribution in [3.63, 3.8) is 0 Å². The molecule has 0 fully saturated rings. The van der Waals surface area contributed by atoms with Crippen LogP contribution in [-0.4, -0.2) is 43.1 Å². The number of thiocarbonyl (C=S) groups is 1. The standard InChI is InChI=1S/C23H31N3S2.ClH/c1-16(2)12-13-24-23(27)18-10-11-22-20(14-18)26(17(3)15-25(4)5)19-8-6-7-9-21(19)28-22;/h6-11,14,16-17H,12-13,15H2,1-5H3,(H,24,27);1H/t17-;/m1./s1. The number of benzene rings is 2. The smallest absolute Gasteiger partial charge is 0.106 e. The van der Waals surface area contributed by atoms with Gasteiger partial charge >= 0.3 is 0 Å². The van der Waals surface area contributed by atoms with E-state index >= 15 is 0 Å². The third-order valence-electron chi connectivity index (χ3n) is 4.90. The van der Waals surface area contributed by atoms with Crippen LogP contribution in [0, 0.1) is 5.92 Å². The molecule has 3 nitrogen and oxygen atoms in total. The first-order valence-electron chi connectivity index (χ1n) is 10.00. The lowest BCUT2D eigenvalue weighted by molar-refractivity contribution is 0.380. The molecule has 1 aliphatic heterocycles. The highest BCUT2D eigenvalue weighted by atomic mass is 35.5. The second-order valence-corrected chi connectivity index (χ2v) is 9.66. The van der Waals surface area contributed by atoms with Crippen molar-refractivity contribution in [2.75, 3.05) is 32.1 Å². The van der Waals surface area contributed by atoms with E-state index in [-0.39, 0.29) is 12.4 Å². The summed E-state index contributed by atoms with van der Waals surface area (Å²) < 4.78 is 0. The first-order valence-corrected chi connectivity index (χ1v) is 11.2. The zero-order chi connectivity index (χ0) is 20.3. The topological polar surface area (TPSA) is 18.5 Å². The minimum Gasteiger partial charge on any atom is -0.376 e. The van der Waals surface area contributed by atoms with E-state index in [9.17, 15) is 0 Å². The fourth-order valence-electron chi connectivity index (χ4n) is 3.59. The number of rotatable bonds is 7. The quantitative estimate of drug-likeness (QED) is 0.523. The maximum Gasteiger partial charge on any atom is 0.106 e. The van der Waals surface area contributed by atoms with Crippen molar-refractivity contribution in [2.24, 2.45) is 5.92 Å². The minimum absolute atomic E-state index is 0. The average Bonchev–Trinajstić information content (AvgIpc) is 2.64. The van der Waals surface area contributed by atoms with Crippen LogP contribution in [0.2, 0.25) is 0 Å². The van der Waals surface area contributed by atoms with Crippen molar-refractivity contribution >= 4 is 52.8 Å². The zero-order valence-corrected chi connectivity index (χ0v) is 20.4. The molecule has 6 heteroatoms. The van der Waals surface area contributed by atoms with E-state index in [1.54, 1.807) is 0 Å². The number of nitrogens with one attached hydrogen (secondary N) is 1. The van der Waals surface area contributed by atoms with E-state index in [1.165, 1.54) is 21.2 Å². The third kappa shape index (κ3) is 5.88. The number of nitrogens with zero attached hydrogens (tertiary/aromatic N) is 2. The van der Waals surface area contributed by atoms with Gasteiger partial charge in [0.1, 0.15) is 4.99 Å². The van der Waals surface area contributed by atoms with Gasteiger partial charge in [-0.2, -0.15) is 0 Å². The van der Waals surface area contributed by atoms with E-state index in [2.05, 4.69) is 92.4 Å². The van der Waals surface area contributed by atoms with E-state index in [0.717, 1.165) is 30.1 Å². The third-order valence-corrected chi connectivity index (χ3v) is 6.41. The van der Waals surface area contributed by atoms with Gasteiger partial charge in [0, 0.05) is 34.5 Å². The van der Waals surface area contributed by atoms with Crippen molar-refractivity contribution in [3.8, 4) is 0 Å². The molecule has 2 aromatic rings. The highest BCUT2D eigenvalue weighted by molar-refractivity contribution is 7.99. The molecule has 1 atom stereocenters. The van der Waals surface area contributed by atoms with Crippen LogP contribution in [0.1, 0.15) is 32.8 Å². The number of hydrogen-bond donors (Lipinski definition) is 1. The van der Waals surface area contributed by atoms with Crippen molar-refractivity contribution in [3.05, 3.63) is 48.0 Å². The predicted octanol–water partition coefficient (Wildman–Crippen LogP) is 5.97. The van der Waals surface area contributed by atoms with Crippen LogP contribution in [0.5, 0.6) is 0 Å².